The first-order valence-electron chi connectivity index (χ1n) is 8.78. The van der Waals surface area contributed by atoms with Crippen molar-refractivity contribution < 1.29 is 4.39 Å². The van der Waals surface area contributed by atoms with Gasteiger partial charge in [0.15, 0.2) is 0 Å². The number of benzene rings is 1. The van der Waals surface area contributed by atoms with Crippen LogP contribution in [-0.2, 0) is 6.54 Å². The average molecular weight is 293 g/mol. The summed E-state index contributed by atoms with van der Waals surface area (Å²) in [5, 5.41) is 3.42. The molecule has 0 radical (unpaired) electrons. The molecule has 0 aromatic heterocycles. The molecule has 0 aliphatic carbocycles. The zero-order valence-electron chi connectivity index (χ0n) is 13.7. The van der Waals surface area contributed by atoms with E-state index in [4.69, 9.17) is 0 Å². The summed E-state index contributed by atoms with van der Waals surface area (Å²) < 4.78 is 12.7. The summed E-state index contributed by atoms with van der Waals surface area (Å²) in [6.45, 7) is 4.18. The molecular weight excluding hydrogens is 261 g/mol. The molecule has 1 aromatic carbocycles. The maximum atomic E-state index is 12.7. The van der Waals surface area contributed by atoms with Crippen LogP contribution in [0.5, 0.6) is 0 Å². The fourth-order valence-electron chi connectivity index (χ4n) is 2.57. The van der Waals surface area contributed by atoms with Gasteiger partial charge in [-0.15, -0.1) is 0 Å². The van der Waals surface area contributed by atoms with Crippen molar-refractivity contribution in [2.45, 2.75) is 77.7 Å². The highest BCUT2D eigenvalue weighted by Crippen LogP contribution is 2.10. The van der Waals surface area contributed by atoms with Gasteiger partial charge in [-0.05, 0) is 30.7 Å². The van der Waals surface area contributed by atoms with Gasteiger partial charge in [0.1, 0.15) is 5.82 Å². The fraction of sp³-hybridized carbons (Fsp3) is 0.684. The Hall–Kier alpha value is -0.890. The van der Waals surface area contributed by atoms with Crippen LogP contribution in [0.25, 0.3) is 0 Å². The SMILES string of the molecule is CCCCCCCCCCCCNCc1ccc(F)cc1. The van der Waals surface area contributed by atoms with E-state index in [1.807, 2.05) is 12.1 Å². The second-order valence-electron chi connectivity index (χ2n) is 5.99. The molecule has 0 aliphatic heterocycles. The monoisotopic (exact) mass is 293 g/mol. The number of nitrogens with one attached hydrogen (secondary N) is 1. The summed E-state index contributed by atoms with van der Waals surface area (Å²) in [6, 6.07) is 6.75. The van der Waals surface area contributed by atoms with Gasteiger partial charge in [0.05, 0.1) is 0 Å². The topological polar surface area (TPSA) is 12.0 Å². The van der Waals surface area contributed by atoms with Crippen LogP contribution in [0.1, 0.15) is 76.7 Å². The van der Waals surface area contributed by atoms with E-state index in [-0.39, 0.29) is 5.82 Å². The quantitative estimate of drug-likeness (QED) is 0.451. The van der Waals surface area contributed by atoms with E-state index >= 15 is 0 Å². The normalized spacial score (nSPS) is 11.0. The Morgan fingerprint density at radius 2 is 1.29 bits per heavy atom. The minimum absolute atomic E-state index is 0.159. The number of hydrogen-bond donors (Lipinski definition) is 1. The van der Waals surface area contributed by atoms with E-state index in [9.17, 15) is 4.39 Å². The molecular formula is C19H32FN. The number of hydrogen-bond acceptors (Lipinski definition) is 1. The molecule has 120 valence electrons. The van der Waals surface area contributed by atoms with Crippen LogP contribution in [0, 0.1) is 5.82 Å². The van der Waals surface area contributed by atoms with Gasteiger partial charge in [-0.2, -0.15) is 0 Å². The third-order valence-corrected chi connectivity index (χ3v) is 3.95. The summed E-state index contributed by atoms with van der Waals surface area (Å²) in [5.41, 5.74) is 1.16. The highest BCUT2D eigenvalue weighted by atomic mass is 19.1. The largest absolute Gasteiger partial charge is 0.313 e. The Balaban J connectivity index is 1.81. The molecule has 1 nitrogen and oxygen atoms in total. The smallest absolute Gasteiger partial charge is 0.123 e. The average Bonchev–Trinajstić information content (AvgIpc) is 2.50. The van der Waals surface area contributed by atoms with Gasteiger partial charge in [0.25, 0.3) is 0 Å². The molecule has 0 saturated heterocycles. The van der Waals surface area contributed by atoms with Crippen molar-refractivity contribution in [1.29, 1.82) is 0 Å². The van der Waals surface area contributed by atoms with Gasteiger partial charge >= 0.3 is 0 Å². The van der Waals surface area contributed by atoms with E-state index < -0.39 is 0 Å². The molecule has 0 bridgehead atoms. The lowest BCUT2D eigenvalue weighted by molar-refractivity contribution is 0.543. The molecule has 1 aromatic rings. The first-order chi connectivity index (χ1) is 10.3. The fourth-order valence-corrected chi connectivity index (χ4v) is 2.57. The maximum absolute atomic E-state index is 12.7. The minimum atomic E-state index is -0.159. The number of halogens is 1. The van der Waals surface area contributed by atoms with Gasteiger partial charge in [-0.3, -0.25) is 0 Å². The van der Waals surface area contributed by atoms with Gasteiger partial charge in [-0.25, -0.2) is 4.39 Å². The molecule has 0 fully saturated rings. The zero-order chi connectivity index (χ0) is 15.2. The lowest BCUT2D eigenvalue weighted by Crippen LogP contribution is -2.14. The second kappa shape index (κ2) is 12.8. The Labute approximate surface area is 130 Å². The molecule has 1 rings (SSSR count). The van der Waals surface area contributed by atoms with E-state index in [0.29, 0.717) is 0 Å². The van der Waals surface area contributed by atoms with E-state index in [2.05, 4.69) is 12.2 Å². The molecule has 2 heteroatoms. The summed E-state index contributed by atoms with van der Waals surface area (Å²) in [5.74, 6) is -0.159. The highest BCUT2D eigenvalue weighted by molar-refractivity contribution is 5.15. The van der Waals surface area contributed by atoms with E-state index in [1.165, 1.54) is 76.3 Å². The Morgan fingerprint density at radius 3 is 1.86 bits per heavy atom. The van der Waals surface area contributed by atoms with Gasteiger partial charge in [-0.1, -0.05) is 76.8 Å². The summed E-state index contributed by atoms with van der Waals surface area (Å²) in [7, 11) is 0. The summed E-state index contributed by atoms with van der Waals surface area (Å²) in [6.07, 6.45) is 13.7. The van der Waals surface area contributed by atoms with Crippen LogP contribution in [0.2, 0.25) is 0 Å². The van der Waals surface area contributed by atoms with Crippen LogP contribution in [-0.4, -0.2) is 6.54 Å². The second-order valence-corrected chi connectivity index (χ2v) is 5.99. The molecule has 0 saturated carbocycles. The molecule has 0 unspecified atom stereocenters. The Bertz CT molecular complexity index is 334. The van der Waals surface area contributed by atoms with Gasteiger partial charge < -0.3 is 5.32 Å². The molecule has 1 N–H and O–H groups in total. The molecule has 0 atom stereocenters. The van der Waals surface area contributed by atoms with Crippen LogP contribution >= 0.6 is 0 Å². The first kappa shape index (κ1) is 18.2. The third-order valence-electron chi connectivity index (χ3n) is 3.95. The Morgan fingerprint density at radius 1 is 0.762 bits per heavy atom. The van der Waals surface area contributed by atoms with Crippen molar-refractivity contribution >= 4 is 0 Å². The predicted octanol–water partition coefficient (Wildman–Crippen LogP) is 5.84. The molecule has 0 amide bonds. The minimum Gasteiger partial charge on any atom is -0.313 e. The Kier molecular flexibility index (Phi) is 11.1. The lowest BCUT2D eigenvalue weighted by Gasteiger charge is -2.05. The maximum Gasteiger partial charge on any atom is 0.123 e. The van der Waals surface area contributed by atoms with Crippen molar-refractivity contribution in [2.24, 2.45) is 0 Å². The number of rotatable bonds is 13. The molecule has 21 heavy (non-hydrogen) atoms. The summed E-state index contributed by atoms with van der Waals surface area (Å²) in [4.78, 5) is 0. The standard InChI is InChI=1S/C19H32FN/c1-2-3-4-5-6-7-8-9-10-11-16-21-17-18-12-14-19(20)15-13-18/h12-15,21H,2-11,16-17H2,1H3. The van der Waals surface area contributed by atoms with Crippen LogP contribution in [0.4, 0.5) is 4.39 Å². The zero-order valence-corrected chi connectivity index (χ0v) is 13.7. The first-order valence-corrected chi connectivity index (χ1v) is 8.78. The molecule has 0 aliphatic rings. The number of unbranched alkanes of at least 4 members (excludes halogenated alkanes) is 9. The molecule has 0 spiro atoms. The van der Waals surface area contributed by atoms with Crippen molar-refractivity contribution in [3.05, 3.63) is 35.6 Å². The van der Waals surface area contributed by atoms with Crippen LogP contribution in [0.3, 0.4) is 0 Å². The van der Waals surface area contributed by atoms with E-state index in [1.54, 1.807) is 0 Å². The van der Waals surface area contributed by atoms with Crippen molar-refractivity contribution in [2.75, 3.05) is 6.54 Å². The van der Waals surface area contributed by atoms with Gasteiger partial charge in [0.2, 0.25) is 0 Å². The van der Waals surface area contributed by atoms with E-state index in [0.717, 1.165) is 18.7 Å². The lowest BCUT2D eigenvalue weighted by atomic mass is 10.1. The predicted molar refractivity (Wildman–Crippen MR) is 90.0 cm³/mol. The molecule has 0 heterocycles. The van der Waals surface area contributed by atoms with Crippen LogP contribution < -0.4 is 5.32 Å². The van der Waals surface area contributed by atoms with Crippen molar-refractivity contribution in [1.82, 2.24) is 5.32 Å². The van der Waals surface area contributed by atoms with Gasteiger partial charge in [0, 0.05) is 6.54 Å². The van der Waals surface area contributed by atoms with Crippen molar-refractivity contribution in [3.8, 4) is 0 Å². The third kappa shape index (κ3) is 10.5. The highest BCUT2D eigenvalue weighted by Gasteiger charge is 1.95. The van der Waals surface area contributed by atoms with Crippen molar-refractivity contribution in [3.63, 3.8) is 0 Å². The summed E-state index contributed by atoms with van der Waals surface area (Å²) >= 11 is 0. The van der Waals surface area contributed by atoms with Crippen LogP contribution in [0.15, 0.2) is 24.3 Å².